The second-order valence-electron chi connectivity index (χ2n) is 4.79. The van der Waals surface area contributed by atoms with E-state index in [9.17, 15) is 4.79 Å². The highest BCUT2D eigenvalue weighted by Gasteiger charge is 2.12. The summed E-state index contributed by atoms with van der Waals surface area (Å²) in [6, 6.07) is 6.73. The number of nitrogens with two attached hydrogens (primary N) is 2. The molecule has 0 aliphatic heterocycles. The minimum Gasteiger partial charge on any atom is -0.383 e. The van der Waals surface area contributed by atoms with Crippen LogP contribution in [-0.2, 0) is 11.3 Å². The first-order valence-electron chi connectivity index (χ1n) is 6.56. The van der Waals surface area contributed by atoms with E-state index in [2.05, 4.69) is 9.97 Å². The molecular weight excluding hydrogens is 357 g/mol. The number of nitrogen functional groups attached to an aromatic ring is 2. The number of carbonyl (C=O) groups is 1. The maximum absolute atomic E-state index is 12.2. The van der Waals surface area contributed by atoms with E-state index < -0.39 is 0 Å². The molecule has 122 valence electrons. The van der Waals surface area contributed by atoms with Crippen molar-refractivity contribution in [2.45, 2.75) is 11.7 Å². The molecule has 1 amide bonds. The van der Waals surface area contributed by atoms with Crippen LogP contribution >= 0.6 is 35.0 Å². The number of hydrogen-bond acceptors (Lipinski definition) is 6. The highest BCUT2D eigenvalue weighted by molar-refractivity contribution is 7.99. The molecule has 6 nitrogen and oxygen atoms in total. The van der Waals surface area contributed by atoms with Crippen LogP contribution in [0.4, 0.5) is 11.6 Å². The van der Waals surface area contributed by atoms with Gasteiger partial charge >= 0.3 is 0 Å². The molecule has 0 radical (unpaired) electrons. The van der Waals surface area contributed by atoms with Crippen molar-refractivity contribution in [3.05, 3.63) is 39.9 Å². The third-order valence-corrected chi connectivity index (χ3v) is 4.47. The van der Waals surface area contributed by atoms with Crippen LogP contribution in [0.1, 0.15) is 5.56 Å². The van der Waals surface area contributed by atoms with Gasteiger partial charge in [0.2, 0.25) is 5.91 Å². The fraction of sp³-hybridized carbons (Fsp3) is 0.214. The lowest BCUT2D eigenvalue weighted by molar-refractivity contribution is -0.127. The Bertz CT molecular complexity index is 708. The van der Waals surface area contributed by atoms with Gasteiger partial charge in [-0.3, -0.25) is 4.79 Å². The number of thioether (sulfide) groups is 1. The molecule has 0 fully saturated rings. The first-order valence-corrected chi connectivity index (χ1v) is 8.30. The summed E-state index contributed by atoms with van der Waals surface area (Å²) in [6.45, 7) is 0.427. The molecule has 1 heterocycles. The third-order valence-electron chi connectivity index (χ3n) is 2.90. The van der Waals surface area contributed by atoms with Crippen molar-refractivity contribution in [1.82, 2.24) is 14.9 Å². The number of benzene rings is 1. The third kappa shape index (κ3) is 5.16. The Labute approximate surface area is 148 Å². The number of halogens is 2. The lowest BCUT2D eigenvalue weighted by atomic mass is 10.2. The molecule has 1 aromatic carbocycles. The van der Waals surface area contributed by atoms with E-state index in [1.54, 1.807) is 24.1 Å². The summed E-state index contributed by atoms with van der Waals surface area (Å²) < 4.78 is 0. The Morgan fingerprint density at radius 2 is 1.83 bits per heavy atom. The Hall–Kier alpha value is -1.70. The van der Waals surface area contributed by atoms with Crippen molar-refractivity contribution in [1.29, 1.82) is 0 Å². The van der Waals surface area contributed by atoms with E-state index in [1.807, 2.05) is 6.07 Å². The summed E-state index contributed by atoms with van der Waals surface area (Å²) in [5.74, 6) is 0.652. The van der Waals surface area contributed by atoms with Gasteiger partial charge in [0, 0.05) is 19.7 Å². The lowest BCUT2D eigenvalue weighted by Crippen LogP contribution is -2.27. The molecule has 0 aliphatic carbocycles. The van der Waals surface area contributed by atoms with E-state index in [4.69, 9.17) is 34.7 Å². The minimum atomic E-state index is -0.0781. The molecule has 2 rings (SSSR count). The molecule has 9 heteroatoms. The molecule has 4 N–H and O–H groups in total. The normalized spacial score (nSPS) is 10.6. The maximum atomic E-state index is 12.2. The van der Waals surface area contributed by atoms with Crippen LogP contribution in [0, 0.1) is 0 Å². The van der Waals surface area contributed by atoms with E-state index in [0.29, 0.717) is 21.7 Å². The molecule has 0 aliphatic rings. The van der Waals surface area contributed by atoms with Crippen molar-refractivity contribution in [3.8, 4) is 0 Å². The molecule has 0 bridgehead atoms. The molecular formula is C14H15Cl2N5OS. The van der Waals surface area contributed by atoms with Crippen LogP contribution in [0.25, 0.3) is 0 Å². The van der Waals surface area contributed by atoms with Gasteiger partial charge in [-0.15, -0.1) is 0 Å². The van der Waals surface area contributed by atoms with Gasteiger partial charge in [0.15, 0.2) is 5.16 Å². The SMILES string of the molecule is CN(Cc1ccc(Cl)c(Cl)c1)C(=O)CSc1nc(N)cc(N)n1. The van der Waals surface area contributed by atoms with E-state index in [1.165, 1.54) is 17.8 Å². The quantitative estimate of drug-likeness (QED) is 0.619. The van der Waals surface area contributed by atoms with Gasteiger partial charge in [-0.2, -0.15) is 0 Å². The zero-order chi connectivity index (χ0) is 17.0. The molecule has 1 aromatic heterocycles. The summed E-state index contributed by atoms with van der Waals surface area (Å²) >= 11 is 13.0. The van der Waals surface area contributed by atoms with Gasteiger partial charge in [-0.1, -0.05) is 41.0 Å². The molecule has 0 atom stereocenters. The van der Waals surface area contributed by atoms with Gasteiger partial charge in [0.25, 0.3) is 0 Å². The number of aromatic nitrogens is 2. The van der Waals surface area contributed by atoms with Gasteiger partial charge in [-0.05, 0) is 17.7 Å². The second kappa shape index (κ2) is 7.72. The predicted octanol–water partition coefficient (Wildman–Crippen LogP) is 2.70. The van der Waals surface area contributed by atoms with Gasteiger partial charge in [0.1, 0.15) is 11.6 Å². The van der Waals surface area contributed by atoms with Crippen molar-refractivity contribution < 1.29 is 4.79 Å². The number of hydrogen-bond donors (Lipinski definition) is 2. The molecule has 0 saturated carbocycles. The number of amides is 1. The number of anilines is 2. The molecule has 2 aromatic rings. The maximum Gasteiger partial charge on any atom is 0.233 e. The lowest BCUT2D eigenvalue weighted by Gasteiger charge is -2.17. The van der Waals surface area contributed by atoms with Crippen molar-refractivity contribution in [2.75, 3.05) is 24.3 Å². The zero-order valence-corrected chi connectivity index (χ0v) is 14.6. The summed E-state index contributed by atoms with van der Waals surface area (Å²) in [4.78, 5) is 21.8. The topological polar surface area (TPSA) is 98.1 Å². The largest absolute Gasteiger partial charge is 0.383 e. The van der Waals surface area contributed by atoms with Gasteiger partial charge in [0.05, 0.1) is 15.8 Å². The van der Waals surface area contributed by atoms with Crippen LogP contribution in [-0.4, -0.2) is 33.6 Å². The van der Waals surface area contributed by atoms with Crippen molar-refractivity contribution >= 4 is 52.5 Å². The standard InChI is InChI=1S/C14H15Cl2N5OS/c1-21(6-8-2-3-9(15)10(16)4-8)13(22)7-23-14-19-11(17)5-12(18)20-14/h2-5H,6-7H2,1H3,(H4,17,18,19,20). The van der Waals surface area contributed by atoms with E-state index in [0.717, 1.165) is 5.56 Å². The summed E-state index contributed by atoms with van der Waals surface area (Å²) in [5.41, 5.74) is 12.1. The smallest absolute Gasteiger partial charge is 0.233 e. The average Bonchev–Trinajstić information content (AvgIpc) is 2.47. The Balaban J connectivity index is 1.93. The molecule has 0 unspecified atom stereocenters. The highest BCUT2D eigenvalue weighted by atomic mass is 35.5. The molecule has 23 heavy (non-hydrogen) atoms. The van der Waals surface area contributed by atoms with Crippen LogP contribution in [0.5, 0.6) is 0 Å². The van der Waals surface area contributed by atoms with Crippen LogP contribution in [0.3, 0.4) is 0 Å². The minimum absolute atomic E-state index is 0.0781. The van der Waals surface area contributed by atoms with E-state index >= 15 is 0 Å². The monoisotopic (exact) mass is 371 g/mol. The Morgan fingerprint density at radius 3 is 2.43 bits per heavy atom. The van der Waals surface area contributed by atoms with Crippen LogP contribution in [0.2, 0.25) is 10.0 Å². The van der Waals surface area contributed by atoms with Crippen LogP contribution < -0.4 is 11.5 Å². The predicted molar refractivity (Wildman–Crippen MR) is 94.5 cm³/mol. The van der Waals surface area contributed by atoms with Crippen molar-refractivity contribution in [3.63, 3.8) is 0 Å². The average molecular weight is 372 g/mol. The van der Waals surface area contributed by atoms with Crippen LogP contribution in [0.15, 0.2) is 29.4 Å². The zero-order valence-electron chi connectivity index (χ0n) is 12.3. The number of rotatable bonds is 5. The second-order valence-corrected chi connectivity index (χ2v) is 6.54. The first-order chi connectivity index (χ1) is 10.8. The Kier molecular flexibility index (Phi) is 5.92. The van der Waals surface area contributed by atoms with Crippen molar-refractivity contribution in [2.24, 2.45) is 0 Å². The molecule has 0 saturated heterocycles. The fourth-order valence-electron chi connectivity index (χ4n) is 1.76. The van der Waals surface area contributed by atoms with E-state index in [-0.39, 0.29) is 23.3 Å². The summed E-state index contributed by atoms with van der Waals surface area (Å²) in [7, 11) is 1.71. The number of nitrogens with zero attached hydrogens (tertiary/aromatic N) is 3. The highest BCUT2D eigenvalue weighted by Crippen LogP contribution is 2.23. The summed E-state index contributed by atoms with van der Waals surface area (Å²) in [6.07, 6.45) is 0. The summed E-state index contributed by atoms with van der Waals surface area (Å²) in [5, 5.41) is 1.32. The number of carbonyl (C=O) groups excluding carboxylic acids is 1. The van der Waals surface area contributed by atoms with Gasteiger partial charge in [-0.25, -0.2) is 9.97 Å². The first kappa shape index (κ1) is 17.7. The molecule has 0 spiro atoms. The Morgan fingerprint density at radius 1 is 1.17 bits per heavy atom. The fourth-order valence-corrected chi connectivity index (χ4v) is 2.90. The van der Waals surface area contributed by atoms with Gasteiger partial charge < -0.3 is 16.4 Å².